The molecule has 0 unspecified atom stereocenters. The topological polar surface area (TPSA) is 76.4 Å². The van der Waals surface area contributed by atoms with E-state index in [9.17, 15) is 0 Å². The molecule has 1 aromatic carbocycles. The van der Waals surface area contributed by atoms with E-state index in [0.717, 1.165) is 60.2 Å². The monoisotopic (exact) mass is 430 g/mol. The second-order valence-corrected chi connectivity index (χ2v) is 8.87. The van der Waals surface area contributed by atoms with Crippen molar-refractivity contribution in [3.8, 4) is 5.75 Å². The summed E-state index contributed by atoms with van der Waals surface area (Å²) in [5.41, 5.74) is 2.32. The zero-order valence-electron chi connectivity index (χ0n) is 18.6. The first-order valence-corrected chi connectivity index (χ1v) is 12.0. The van der Waals surface area contributed by atoms with Gasteiger partial charge in [0.15, 0.2) is 11.8 Å². The quantitative estimate of drug-likeness (QED) is 0.324. The Morgan fingerprint density at radius 3 is 2.80 bits per heavy atom. The summed E-state index contributed by atoms with van der Waals surface area (Å²) in [5, 5.41) is 15.2. The van der Waals surface area contributed by atoms with Crippen LogP contribution >= 0.6 is 11.8 Å². The summed E-state index contributed by atoms with van der Waals surface area (Å²) in [6.07, 6.45) is 5.79. The van der Waals surface area contributed by atoms with Gasteiger partial charge in [0.05, 0.1) is 19.7 Å². The number of aliphatic imine (C=N–C) groups is 1. The van der Waals surface area contributed by atoms with Crippen molar-refractivity contribution >= 4 is 17.7 Å². The van der Waals surface area contributed by atoms with Crippen molar-refractivity contribution in [1.82, 2.24) is 25.4 Å². The summed E-state index contributed by atoms with van der Waals surface area (Å²) in [6.45, 7) is 6.88. The third kappa shape index (κ3) is 6.93. The lowest BCUT2D eigenvalue weighted by molar-refractivity contribution is 0.296. The maximum atomic E-state index is 6.10. The van der Waals surface area contributed by atoms with Gasteiger partial charge in [-0.3, -0.25) is 0 Å². The van der Waals surface area contributed by atoms with Crippen molar-refractivity contribution < 1.29 is 4.74 Å². The van der Waals surface area contributed by atoms with E-state index in [4.69, 9.17) is 9.73 Å². The van der Waals surface area contributed by atoms with Crippen LogP contribution in [0.1, 0.15) is 42.0 Å². The van der Waals surface area contributed by atoms with E-state index < -0.39 is 0 Å². The highest BCUT2D eigenvalue weighted by atomic mass is 32.2. The lowest BCUT2D eigenvalue weighted by Crippen LogP contribution is -2.38. The highest BCUT2D eigenvalue weighted by molar-refractivity contribution is 7.98. The Morgan fingerprint density at radius 1 is 1.27 bits per heavy atom. The van der Waals surface area contributed by atoms with Crippen LogP contribution < -0.4 is 15.4 Å². The van der Waals surface area contributed by atoms with E-state index in [1.165, 1.54) is 18.4 Å². The molecule has 1 heterocycles. The van der Waals surface area contributed by atoms with E-state index in [1.807, 2.05) is 30.3 Å². The first-order chi connectivity index (χ1) is 14.6. The molecule has 30 heavy (non-hydrogen) atoms. The molecule has 1 aromatic heterocycles. The van der Waals surface area contributed by atoms with Crippen molar-refractivity contribution in [2.24, 2.45) is 18.0 Å². The fourth-order valence-corrected chi connectivity index (χ4v) is 3.38. The number of nitrogens with one attached hydrogen (secondary N) is 2. The zero-order valence-corrected chi connectivity index (χ0v) is 19.4. The molecule has 2 aromatic rings. The second-order valence-electron chi connectivity index (χ2n) is 7.88. The summed E-state index contributed by atoms with van der Waals surface area (Å²) >= 11 is 1.86. The van der Waals surface area contributed by atoms with Crippen molar-refractivity contribution in [1.29, 1.82) is 0 Å². The summed E-state index contributed by atoms with van der Waals surface area (Å²) in [5.74, 6) is 5.37. The minimum atomic E-state index is 0.565. The largest absolute Gasteiger partial charge is 0.493 e. The van der Waals surface area contributed by atoms with Crippen molar-refractivity contribution in [2.75, 3.05) is 25.2 Å². The molecular weight excluding hydrogens is 396 g/mol. The number of hydrogen-bond acceptors (Lipinski definition) is 5. The predicted octanol–water partition coefficient (Wildman–Crippen LogP) is 3.21. The van der Waals surface area contributed by atoms with E-state index in [1.54, 1.807) is 0 Å². The standard InChI is InChI=1S/C22H34N6OS/c1-16-6-9-19(20(12-16)29-15-18-7-8-18)13-24-22(23-10-5-11-30-4)25-14-21-27-26-17(2)28(21)3/h6,9,12,18H,5,7-8,10-11,13-15H2,1-4H3,(H2,23,24,25). The molecule has 8 heteroatoms. The van der Waals surface area contributed by atoms with Crippen LogP contribution in [-0.2, 0) is 20.1 Å². The first-order valence-electron chi connectivity index (χ1n) is 10.6. The smallest absolute Gasteiger partial charge is 0.191 e. The van der Waals surface area contributed by atoms with Crippen LogP contribution in [0.25, 0.3) is 0 Å². The molecule has 0 aliphatic heterocycles. The molecule has 0 saturated heterocycles. The number of aryl methyl sites for hydroxylation is 2. The zero-order chi connectivity index (χ0) is 21.3. The van der Waals surface area contributed by atoms with Crippen LogP contribution in [0, 0.1) is 19.8 Å². The van der Waals surface area contributed by atoms with Crippen molar-refractivity contribution in [2.45, 2.75) is 46.2 Å². The van der Waals surface area contributed by atoms with Gasteiger partial charge in [0.1, 0.15) is 11.6 Å². The molecule has 1 aliphatic carbocycles. The maximum absolute atomic E-state index is 6.10. The maximum Gasteiger partial charge on any atom is 0.191 e. The molecule has 164 valence electrons. The molecule has 0 atom stereocenters. The molecule has 1 aliphatic rings. The van der Waals surface area contributed by atoms with Crippen LogP contribution in [0.4, 0.5) is 0 Å². The SMILES string of the molecule is CSCCCNC(=NCc1ccc(C)cc1OCC1CC1)NCc1nnc(C)n1C. The van der Waals surface area contributed by atoms with Crippen LogP contribution in [0.3, 0.4) is 0 Å². The molecular formula is C22H34N6OS. The Kier molecular flexibility index (Phi) is 8.42. The number of ether oxygens (including phenoxy) is 1. The summed E-state index contributed by atoms with van der Waals surface area (Å²) < 4.78 is 8.09. The molecule has 2 N–H and O–H groups in total. The van der Waals surface area contributed by atoms with Gasteiger partial charge >= 0.3 is 0 Å². The molecule has 0 amide bonds. The summed E-state index contributed by atoms with van der Waals surface area (Å²) in [6, 6.07) is 6.36. The number of guanidine groups is 1. The first kappa shape index (κ1) is 22.5. The Labute approximate surface area is 184 Å². The van der Waals surface area contributed by atoms with Crippen LogP contribution in [0.15, 0.2) is 23.2 Å². The van der Waals surface area contributed by atoms with Crippen LogP contribution in [0.5, 0.6) is 5.75 Å². The lowest BCUT2D eigenvalue weighted by atomic mass is 10.1. The number of benzene rings is 1. The van der Waals surface area contributed by atoms with Gasteiger partial charge < -0.3 is 19.9 Å². The van der Waals surface area contributed by atoms with Gasteiger partial charge in [-0.1, -0.05) is 12.1 Å². The fourth-order valence-electron chi connectivity index (χ4n) is 2.95. The van der Waals surface area contributed by atoms with Gasteiger partial charge in [0.2, 0.25) is 0 Å². The Hall–Kier alpha value is -2.22. The summed E-state index contributed by atoms with van der Waals surface area (Å²) in [7, 11) is 1.98. The van der Waals surface area contributed by atoms with Gasteiger partial charge in [-0.15, -0.1) is 10.2 Å². The van der Waals surface area contributed by atoms with Gasteiger partial charge in [0, 0.05) is 19.2 Å². The minimum absolute atomic E-state index is 0.565. The molecule has 7 nitrogen and oxygen atoms in total. The number of nitrogens with zero attached hydrogens (tertiary/aromatic N) is 4. The number of hydrogen-bond donors (Lipinski definition) is 2. The third-order valence-corrected chi connectivity index (χ3v) is 5.91. The summed E-state index contributed by atoms with van der Waals surface area (Å²) in [4.78, 5) is 4.83. The second kappa shape index (κ2) is 11.2. The van der Waals surface area contributed by atoms with Crippen LogP contribution in [0.2, 0.25) is 0 Å². The lowest BCUT2D eigenvalue weighted by Gasteiger charge is -2.14. The number of rotatable bonds is 11. The molecule has 3 rings (SSSR count). The van der Waals surface area contributed by atoms with Crippen molar-refractivity contribution in [3.05, 3.63) is 41.0 Å². The van der Waals surface area contributed by atoms with Crippen LogP contribution in [-0.4, -0.2) is 45.9 Å². The van der Waals surface area contributed by atoms with E-state index >= 15 is 0 Å². The molecule has 1 fully saturated rings. The molecule has 0 spiro atoms. The Balaban J connectivity index is 1.65. The van der Waals surface area contributed by atoms with Gasteiger partial charge in [-0.05, 0) is 62.7 Å². The highest BCUT2D eigenvalue weighted by Gasteiger charge is 2.22. The number of thioether (sulfide) groups is 1. The normalized spacial score (nSPS) is 14.1. The van der Waals surface area contributed by atoms with Gasteiger partial charge in [-0.2, -0.15) is 11.8 Å². The number of aromatic nitrogens is 3. The molecule has 1 saturated carbocycles. The Bertz CT molecular complexity index is 846. The highest BCUT2D eigenvalue weighted by Crippen LogP contribution is 2.30. The van der Waals surface area contributed by atoms with Gasteiger partial charge in [0.25, 0.3) is 0 Å². The molecule has 0 radical (unpaired) electrons. The fraction of sp³-hybridized carbons (Fsp3) is 0.591. The Morgan fingerprint density at radius 2 is 2.10 bits per heavy atom. The average Bonchev–Trinajstić information content (AvgIpc) is 3.52. The van der Waals surface area contributed by atoms with E-state index in [0.29, 0.717) is 13.1 Å². The van der Waals surface area contributed by atoms with E-state index in [-0.39, 0.29) is 0 Å². The predicted molar refractivity (Wildman–Crippen MR) is 124 cm³/mol. The molecule has 0 bridgehead atoms. The van der Waals surface area contributed by atoms with Gasteiger partial charge in [-0.25, -0.2) is 4.99 Å². The average molecular weight is 431 g/mol. The van der Waals surface area contributed by atoms with E-state index in [2.05, 4.69) is 52.2 Å². The van der Waals surface area contributed by atoms with Crippen molar-refractivity contribution in [3.63, 3.8) is 0 Å². The third-order valence-electron chi connectivity index (χ3n) is 5.22. The minimum Gasteiger partial charge on any atom is -0.493 e.